The number of nitrogens with zero attached hydrogens (tertiary/aromatic N) is 2. The van der Waals surface area contributed by atoms with Crippen LogP contribution >= 0.6 is 0 Å². The lowest BCUT2D eigenvalue weighted by molar-refractivity contribution is -0.154. The van der Waals surface area contributed by atoms with Crippen LogP contribution in [0.5, 0.6) is 5.75 Å². The number of para-hydroxylation sites is 1. The normalized spacial score (nSPS) is 16.8. The summed E-state index contributed by atoms with van der Waals surface area (Å²) < 4.78 is 10.2. The van der Waals surface area contributed by atoms with E-state index in [0.29, 0.717) is 25.9 Å². The van der Waals surface area contributed by atoms with Gasteiger partial charge in [-0.15, -0.1) is 0 Å². The first-order valence-electron chi connectivity index (χ1n) is 12.1. The topological polar surface area (TPSA) is 79.3 Å². The third kappa shape index (κ3) is 5.52. The number of hydrogen-bond acceptors (Lipinski definition) is 6. The average Bonchev–Trinajstić information content (AvgIpc) is 3.43. The number of hydrogen-bond donors (Lipinski definition) is 1. The molecule has 3 aromatic carbocycles. The Bertz CT molecular complexity index is 1140. The molecule has 0 unspecified atom stereocenters. The molecule has 0 spiro atoms. The van der Waals surface area contributed by atoms with Gasteiger partial charge in [0.05, 0.1) is 20.3 Å². The highest BCUT2D eigenvalue weighted by molar-refractivity contribution is 5.88. The smallest absolute Gasteiger partial charge is 0.328 e. The molecule has 4 rings (SSSR count). The number of benzene rings is 3. The first-order valence-corrected chi connectivity index (χ1v) is 12.1. The number of esters is 1. The van der Waals surface area contributed by atoms with Crippen molar-refractivity contribution in [2.24, 2.45) is 0 Å². The van der Waals surface area contributed by atoms with Crippen LogP contribution < -0.4 is 9.64 Å². The zero-order chi connectivity index (χ0) is 25.5. The van der Waals surface area contributed by atoms with Crippen LogP contribution in [0.2, 0.25) is 0 Å². The molecule has 36 heavy (non-hydrogen) atoms. The summed E-state index contributed by atoms with van der Waals surface area (Å²) in [5.74, 6) is -0.183. The maximum absolute atomic E-state index is 13.7. The van der Waals surface area contributed by atoms with Crippen molar-refractivity contribution in [2.75, 3.05) is 25.7 Å². The van der Waals surface area contributed by atoms with Gasteiger partial charge in [-0.1, -0.05) is 60.7 Å². The van der Waals surface area contributed by atoms with E-state index in [0.717, 1.165) is 22.6 Å². The molecule has 1 aliphatic rings. The van der Waals surface area contributed by atoms with E-state index >= 15 is 0 Å². The first kappa shape index (κ1) is 25.3. The summed E-state index contributed by atoms with van der Waals surface area (Å²) in [4.78, 5) is 29.5. The monoisotopic (exact) mass is 488 g/mol. The molecule has 1 saturated heterocycles. The van der Waals surface area contributed by atoms with Gasteiger partial charge in [-0.2, -0.15) is 0 Å². The van der Waals surface area contributed by atoms with E-state index < -0.39 is 30.1 Å². The van der Waals surface area contributed by atoms with Gasteiger partial charge in [-0.3, -0.25) is 4.79 Å². The molecule has 3 aromatic rings. The number of amides is 1. The molecule has 7 heteroatoms. The Kier molecular flexibility index (Phi) is 8.23. The van der Waals surface area contributed by atoms with Crippen LogP contribution in [0.1, 0.15) is 30.0 Å². The summed E-state index contributed by atoms with van der Waals surface area (Å²) in [5, 5.41) is 11.7. The van der Waals surface area contributed by atoms with E-state index in [1.54, 1.807) is 7.11 Å². The van der Waals surface area contributed by atoms with Gasteiger partial charge in [0.25, 0.3) is 5.91 Å². The van der Waals surface area contributed by atoms with Crippen molar-refractivity contribution >= 4 is 17.6 Å². The van der Waals surface area contributed by atoms with E-state index in [2.05, 4.69) is 0 Å². The molecule has 0 radical (unpaired) electrons. The predicted molar refractivity (Wildman–Crippen MR) is 138 cm³/mol. The molecule has 1 amide bonds. The van der Waals surface area contributed by atoms with Crippen molar-refractivity contribution in [3.05, 3.63) is 96.1 Å². The van der Waals surface area contributed by atoms with Gasteiger partial charge in [0.2, 0.25) is 0 Å². The number of methoxy groups -OCH3 is 2. The van der Waals surface area contributed by atoms with Crippen molar-refractivity contribution in [1.82, 2.24) is 4.90 Å². The first-order chi connectivity index (χ1) is 17.5. The van der Waals surface area contributed by atoms with Crippen LogP contribution in [0.3, 0.4) is 0 Å². The zero-order valence-corrected chi connectivity index (χ0v) is 20.6. The summed E-state index contributed by atoms with van der Waals surface area (Å²) in [7, 11) is 2.94. The summed E-state index contributed by atoms with van der Waals surface area (Å²) >= 11 is 0. The Morgan fingerprint density at radius 2 is 1.61 bits per heavy atom. The van der Waals surface area contributed by atoms with Gasteiger partial charge in [0.15, 0.2) is 6.10 Å². The van der Waals surface area contributed by atoms with Crippen molar-refractivity contribution in [3.63, 3.8) is 0 Å². The molecule has 1 aliphatic heterocycles. The second kappa shape index (κ2) is 11.7. The summed E-state index contributed by atoms with van der Waals surface area (Å²) in [6.07, 6.45) is -0.200. The molecule has 1 heterocycles. The van der Waals surface area contributed by atoms with E-state index in [9.17, 15) is 14.7 Å². The lowest BCUT2D eigenvalue weighted by atomic mass is 9.96. The standard InChI is InChI=1S/C29H32N2O5/c1-35-24-17-15-21(16-18-24)20-31(23-12-7-4-8-13-23)26(22-10-5-3-6-11-22)27(32)28(33)30-19-9-14-25(30)29(34)36-2/h3-8,10-13,15-18,25-27,32H,9,14,19-20H2,1-2H3/t25-,26-,27+/m0/s1. The fourth-order valence-electron chi connectivity index (χ4n) is 4.80. The zero-order valence-electron chi connectivity index (χ0n) is 20.6. The third-order valence-corrected chi connectivity index (χ3v) is 6.64. The summed E-state index contributed by atoms with van der Waals surface area (Å²) in [5.41, 5.74) is 2.65. The van der Waals surface area contributed by atoms with Crippen LogP contribution in [0.25, 0.3) is 0 Å². The highest BCUT2D eigenvalue weighted by atomic mass is 16.5. The molecule has 1 fully saturated rings. The number of rotatable bonds is 9. The second-order valence-electron chi connectivity index (χ2n) is 8.82. The molecule has 0 bridgehead atoms. The molecule has 0 aliphatic carbocycles. The second-order valence-corrected chi connectivity index (χ2v) is 8.82. The van der Waals surface area contributed by atoms with Crippen LogP contribution in [0, 0.1) is 0 Å². The minimum atomic E-state index is -1.41. The van der Waals surface area contributed by atoms with Crippen LogP contribution in [-0.4, -0.2) is 54.8 Å². The average molecular weight is 489 g/mol. The van der Waals surface area contributed by atoms with Crippen LogP contribution in [-0.2, 0) is 20.9 Å². The van der Waals surface area contributed by atoms with Gasteiger partial charge in [0, 0.05) is 18.8 Å². The third-order valence-electron chi connectivity index (χ3n) is 6.64. The van der Waals surface area contributed by atoms with Gasteiger partial charge in [-0.25, -0.2) is 4.79 Å². The van der Waals surface area contributed by atoms with Gasteiger partial charge < -0.3 is 24.4 Å². The van der Waals surface area contributed by atoms with E-state index in [1.165, 1.54) is 12.0 Å². The largest absolute Gasteiger partial charge is 0.497 e. The number of ether oxygens (including phenoxy) is 2. The Morgan fingerprint density at radius 1 is 0.972 bits per heavy atom. The van der Waals surface area contributed by atoms with Crippen LogP contribution in [0.4, 0.5) is 5.69 Å². The predicted octanol–water partition coefficient (Wildman–Crippen LogP) is 3.97. The number of aliphatic hydroxyl groups is 1. The van der Waals surface area contributed by atoms with Crippen LogP contribution in [0.15, 0.2) is 84.9 Å². The Morgan fingerprint density at radius 3 is 2.22 bits per heavy atom. The molecule has 7 nitrogen and oxygen atoms in total. The SMILES string of the molecule is COC(=O)[C@@H]1CCCN1C(=O)[C@H](O)[C@H](c1ccccc1)N(Cc1ccc(OC)cc1)c1ccccc1. The molecule has 0 saturated carbocycles. The minimum Gasteiger partial charge on any atom is -0.497 e. The fraction of sp³-hybridized carbons (Fsp3) is 0.310. The fourth-order valence-corrected chi connectivity index (χ4v) is 4.80. The summed E-state index contributed by atoms with van der Waals surface area (Å²) in [6, 6.07) is 25.6. The molecular weight excluding hydrogens is 456 g/mol. The quantitative estimate of drug-likeness (QED) is 0.459. The number of aliphatic hydroxyl groups excluding tert-OH is 1. The van der Waals surface area contributed by atoms with Crippen molar-refractivity contribution in [2.45, 2.75) is 37.6 Å². The Labute approximate surface area is 211 Å². The lowest BCUT2D eigenvalue weighted by Gasteiger charge is -2.38. The van der Waals surface area contributed by atoms with E-state index in [4.69, 9.17) is 9.47 Å². The molecule has 1 N–H and O–H groups in total. The number of carbonyl (C=O) groups is 2. The van der Waals surface area contributed by atoms with E-state index in [-0.39, 0.29) is 0 Å². The Balaban J connectivity index is 1.74. The number of likely N-dealkylation sites (tertiary alicyclic amines) is 1. The Hall–Kier alpha value is -3.84. The number of anilines is 1. The van der Waals surface area contributed by atoms with Gasteiger partial charge >= 0.3 is 5.97 Å². The van der Waals surface area contributed by atoms with Crippen molar-refractivity contribution < 1.29 is 24.2 Å². The van der Waals surface area contributed by atoms with Gasteiger partial charge in [-0.05, 0) is 48.2 Å². The van der Waals surface area contributed by atoms with Crippen molar-refractivity contribution in [3.8, 4) is 5.75 Å². The lowest BCUT2D eigenvalue weighted by Crippen LogP contribution is -2.50. The highest BCUT2D eigenvalue weighted by Gasteiger charge is 2.41. The van der Waals surface area contributed by atoms with E-state index in [1.807, 2.05) is 89.8 Å². The van der Waals surface area contributed by atoms with Gasteiger partial charge in [0.1, 0.15) is 11.8 Å². The highest BCUT2D eigenvalue weighted by Crippen LogP contribution is 2.34. The molecule has 3 atom stereocenters. The summed E-state index contributed by atoms with van der Waals surface area (Å²) in [6.45, 7) is 0.847. The van der Waals surface area contributed by atoms with Crippen molar-refractivity contribution in [1.29, 1.82) is 0 Å². The minimum absolute atomic E-state index is 0.404. The maximum atomic E-state index is 13.7. The maximum Gasteiger partial charge on any atom is 0.328 e. The molecule has 188 valence electrons. The molecular formula is C29H32N2O5. The number of carbonyl (C=O) groups excluding carboxylic acids is 2. The molecule has 0 aromatic heterocycles.